The number of allylic oxidation sites excluding steroid dienone is 1. The Morgan fingerprint density at radius 3 is 2.43 bits per heavy atom. The molecular weight excluding hydrogens is 384 g/mol. The van der Waals surface area contributed by atoms with Crippen LogP contribution >= 0.6 is 0 Å². The number of anilines is 1. The fourth-order valence-corrected chi connectivity index (χ4v) is 2.47. The molecule has 0 aliphatic carbocycles. The van der Waals surface area contributed by atoms with Crippen LogP contribution in [0.5, 0.6) is 5.75 Å². The molecule has 2 aromatic rings. The lowest BCUT2D eigenvalue weighted by Crippen LogP contribution is -2.22. The van der Waals surface area contributed by atoms with E-state index in [4.69, 9.17) is 9.47 Å². The van der Waals surface area contributed by atoms with E-state index in [0.29, 0.717) is 23.5 Å². The first-order valence-electron chi connectivity index (χ1n) is 9.71. The van der Waals surface area contributed by atoms with E-state index in [1.165, 1.54) is 12.1 Å². The van der Waals surface area contributed by atoms with E-state index in [2.05, 4.69) is 10.6 Å². The summed E-state index contributed by atoms with van der Waals surface area (Å²) in [4.78, 5) is 35.6. The number of rotatable bonds is 8. The predicted octanol–water partition coefficient (Wildman–Crippen LogP) is 4.45. The second kappa shape index (κ2) is 11.4. The molecule has 0 spiro atoms. The van der Waals surface area contributed by atoms with Gasteiger partial charge in [0.15, 0.2) is 0 Å². The molecule has 7 nitrogen and oxygen atoms in total. The second-order valence-corrected chi connectivity index (χ2v) is 6.53. The van der Waals surface area contributed by atoms with Crippen LogP contribution in [0.15, 0.2) is 60.2 Å². The highest BCUT2D eigenvalue weighted by molar-refractivity contribution is 5.99. The van der Waals surface area contributed by atoms with Crippen LogP contribution in [0.3, 0.4) is 0 Å². The third kappa shape index (κ3) is 7.43. The maximum Gasteiger partial charge on any atom is 0.513 e. The molecule has 0 radical (unpaired) electrons. The molecule has 2 amide bonds. The minimum atomic E-state index is -0.790. The van der Waals surface area contributed by atoms with E-state index >= 15 is 0 Å². The van der Waals surface area contributed by atoms with E-state index in [9.17, 15) is 14.4 Å². The van der Waals surface area contributed by atoms with Crippen molar-refractivity contribution in [3.05, 3.63) is 71.3 Å². The average molecular weight is 410 g/mol. The van der Waals surface area contributed by atoms with Crippen LogP contribution in [0.4, 0.5) is 10.5 Å². The van der Waals surface area contributed by atoms with Crippen molar-refractivity contribution in [2.75, 3.05) is 11.9 Å². The average Bonchev–Trinajstić information content (AvgIpc) is 2.72. The van der Waals surface area contributed by atoms with Crippen LogP contribution in [0.25, 0.3) is 0 Å². The SMILES string of the molecule is CCOC(=O)Oc1ccc(C(=O)NCc2cccc(NC(=O)/C=C(\C)CC)c2)cc1. The van der Waals surface area contributed by atoms with Crippen LogP contribution in [0, 0.1) is 0 Å². The summed E-state index contributed by atoms with van der Waals surface area (Å²) in [5, 5.41) is 5.64. The molecule has 0 aliphatic heterocycles. The first-order valence-corrected chi connectivity index (χ1v) is 9.71. The van der Waals surface area contributed by atoms with E-state index in [1.54, 1.807) is 31.2 Å². The van der Waals surface area contributed by atoms with Crippen molar-refractivity contribution in [3.63, 3.8) is 0 Å². The molecule has 0 atom stereocenters. The largest absolute Gasteiger partial charge is 0.513 e. The van der Waals surface area contributed by atoms with Gasteiger partial charge in [0, 0.05) is 23.9 Å². The van der Waals surface area contributed by atoms with Crippen molar-refractivity contribution in [1.82, 2.24) is 5.32 Å². The first-order chi connectivity index (χ1) is 14.4. The van der Waals surface area contributed by atoms with Gasteiger partial charge in [0.05, 0.1) is 6.61 Å². The molecule has 0 fully saturated rings. The predicted molar refractivity (Wildman–Crippen MR) is 114 cm³/mol. The number of hydrogen-bond acceptors (Lipinski definition) is 5. The van der Waals surface area contributed by atoms with Crippen LogP contribution < -0.4 is 15.4 Å². The Morgan fingerprint density at radius 2 is 1.77 bits per heavy atom. The minimum Gasteiger partial charge on any atom is -0.434 e. The van der Waals surface area contributed by atoms with Gasteiger partial charge < -0.3 is 20.1 Å². The first kappa shape index (κ1) is 22.7. The molecule has 0 aromatic heterocycles. The maximum atomic E-state index is 12.3. The van der Waals surface area contributed by atoms with Gasteiger partial charge in [0.2, 0.25) is 5.91 Å². The molecule has 2 rings (SSSR count). The number of carbonyl (C=O) groups excluding carboxylic acids is 3. The molecule has 30 heavy (non-hydrogen) atoms. The van der Waals surface area contributed by atoms with Crippen LogP contribution in [-0.4, -0.2) is 24.6 Å². The Morgan fingerprint density at radius 1 is 1.03 bits per heavy atom. The van der Waals surface area contributed by atoms with Gasteiger partial charge in [0.1, 0.15) is 5.75 Å². The standard InChI is InChI=1S/C23H26N2O5/c1-4-16(3)13-21(26)25-19-8-6-7-17(14-19)15-24-22(27)18-9-11-20(12-10-18)30-23(28)29-5-2/h6-14H,4-5,15H2,1-3H3,(H,24,27)(H,25,26)/b16-13+. The summed E-state index contributed by atoms with van der Waals surface area (Å²) in [5.74, 6) is -0.157. The second-order valence-electron chi connectivity index (χ2n) is 6.53. The van der Waals surface area contributed by atoms with Gasteiger partial charge >= 0.3 is 6.16 Å². The van der Waals surface area contributed by atoms with Gasteiger partial charge in [-0.25, -0.2) is 4.79 Å². The summed E-state index contributed by atoms with van der Waals surface area (Å²) >= 11 is 0. The number of carbonyl (C=O) groups is 3. The quantitative estimate of drug-likeness (QED) is 0.381. The number of nitrogens with one attached hydrogen (secondary N) is 2. The van der Waals surface area contributed by atoms with Gasteiger partial charge in [-0.3, -0.25) is 9.59 Å². The lowest BCUT2D eigenvalue weighted by atomic mass is 10.1. The number of amides is 2. The summed E-state index contributed by atoms with van der Waals surface area (Å²) in [7, 11) is 0. The molecule has 158 valence electrons. The Kier molecular flexibility index (Phi) is 8.62. The summed E-state index contributed by atoms with van der Waals surface area (Å²) in [6.45, 7) is 6.10. The lowest BCUT2D eigenvalue weighted by Gasteiger charge is -2.09. The summed E-state index contributed by atoms with van der Waals surface area (Å²) in [6, 6.07) is 13.4. The summed E-state index contributed by atoms with van der Waals surface area (Å²) < 4.78 is 9.66. The zero-order valence-electron chi connectivity index (χ0n) is 17.4. The number of hydrogen-bond donors (Lipinski definition) is 2. The van der Waals surface area contributed by atoms with Crippen molar-refractivity contribution in [1.29, 1.82) is 0 Å². The number of ether oxygens (including phenoxy) is 2. The van der Waals surface area contributed by atoms with Crippen molar-refractivity contribution < 1.29 is 23.9 Å². The van der Waals surface area contributed by atoms with Crippen molar-refractivity contribution in [3.8, 4) is 5.75 Å². The normalized spacial score (nSPS) is 10.8. The third-order valence-corrected chi connectivity index (χ3v) is 4.16. The highest BCUT2D eigenvalue weighted by Gasteiger charge is 2.09. The Labute approximate surface area is 176 Å². The smallest absolute Gasteiger partial charge is 0.434 e. The van der Waals surface area contributed by atoms with Gasteiger partial charge in [-0.15, -0.1) is 0 Å². The minimum absolute atomic E-state index is 0.180. The van der Waals surface area contributed by atoms with Crippen LogP contribution in [0.2, 0.25) is 0 Å². The van der Waals surface area contributed by atoms with Gasteiger partial charge in [0.25, 0.3) is 5.91 Å². The van der Waals surface area contributed by atoms with Gasteiger partial charge in [-0.1, -0.05) is 24.6 Å². The van der Waals surface area contributed by atoms with Gasteiger partial charge in [-0.2, -0.15) is 0 Å². The highest BCUT2D eigenvalue weighted by Crippen LogP contribution is 2.14. The zero-order chi connectivity index (χ0) is 21.9. The molecule has 0 saturated heterocycles. The maximum absolute atomic E-state index is 12.3. The fraction of sp³-hybridized carbons (Fsp3) is 0.261. The zero-order valence-corrected chi connectivity index (χ0v) is 17.4. The monoisotopic (exact) mass is 410 g/mol. The molecular formula is C23H26N2O5. The van der Waals surface area contributed by atoms with E-state index in [1.807, 2.05) is 32.0 Å². The molecule has 0 bridgehead atoms. The number of benzene rings is 2. The molecule has 2 N–H and O–H groups in total. The molecule has 7 heteroatoms. The summed E-state index contributed by atoms with van der Waals surface area (Å²) in [5.41, 5.74) is 2.93. The van der Waals surface area contributed by atoms with E-state index in [0.717, 1.165) is 17.6 Å². The molecule has 0 aliphatic rings. The Bertz CT molecular complexity index is 919. The molecule has 0 heterocycles. The van der Waals surface area contributed by atoms with Crippen molar-refractivity contribution in [2.24, 2.45) is 0 Å². The van der Waals surface area contributed by atoms with Crippen molar-refractivity contribution >= 4 is 23.7 Å². The third-order valence-electron chi connectivity index (χ3n) is 4.16. The summed E-state index contributed by atoms with van der Waals surface area (Å²) in [6.07, 6.45) is 1.60. The fourth-order valence-electron chi connectivity index (χ4n) is 2.47. The van der Waals surface area contributed by atoms with Crippen LogP contribution in [-0.2, 0) is 16.1 Å². The van der Waals surface area contributed by atoms with Crippen molar-refractivity contribution in [2.45, 2.75) is 33.7 Å². The topological polar surface area (TPSA) is 93.7 Å². The lowest BCUT2D eigenvalue weighted by molar-refractivity contribution is -0.112. The highest BCUT2D eigenvalue weighted by atomic mass is 16.7. The van der Waals surface area contributed by atoms with E-state index in [-0.39, 0.29) is 18.4 Å². The van der Waals surface area contributed by atoms with Crippen LogP contribution in [0.1, 0.15) is 43.1 Å². The molecule has 2 aromatic carbocycles. The molecule has 0 unspecified atom stereocenters. The Balaban J connectivity index is 1.91. The van der Waals surface area contributed by atoms with E-state index < -0.39 is 6.16 Å². The van der Waals surface area contributed by atoms with Gasteiger partial charge in [-0.05, 0) is 62.2 Å². The Hall–Kier alpha value is -3.61. The molecule has 0 saturated carbocycles.